The summed E-state index contributed by atoms with van der Waals surface area (Å²) in [6, 6.07) is 5.38. The number of benzene rings is 1. The van der Waals surface area contributed by atoms with Gasteiger partial charge in [-0.1, -0.05) is 12.1 Å². The fraction of sp³-hybridized carbons (Fsp3) is 0.467. The maximum atomic E-state index is 12.9. The van der Waals surface area contributed by atoms with Gasteiger partial charge in [-0.3, -0.25) is 9.89 Å². The number of fused-ring (bicyclic) bond motifs is 1. The molecule has 8 heteroatoms. The van der Waals surface area contributed by atoms with Crippen LogP contribution in [-0.4, -0.2) is 54.8 Å². The minimum Gasteiger partial charge on any atom is -0.334 e. The molecule has 23 heavy (non-hydrogen) atoms. The molecular formula is C15H20N4O3S. The van der Waals surface area contributed by atoms with Crippen molar-refractivity contribution in [2.75, 3.05) is 19.3 Å². The molecule has 2 heterocycles. The van der Waals surface area contributed by atoms with Crippen molar-refractivity contribution in [3.05, 3.63) is 30.0 Å². The third-order valence-corrected chi connectivity index (χ3v) is 4.87. The average molecular weight is 336 g/mol. The number of hydrogen-bond donors (Lipinski definition) is 2. The molecule has 0 saturated carbocycles. The van der Waals surface area contributed by atoms with E-state index in [0.717, 1.165) is 36.4 Å². The van der Waals surface area contributed by atoms with Crippen LogP contribution in [0.2, 0.25) is 0 Å². The number of nitrogens with zero attached hydrogens (tertiary/aromatic N) is 2. The fourth-order valence-corrected chi connectivity index (χ4v) is 3.52. The van der Waals surface area contributed by atoms with Gasteiger partial charge in [0.1, 0.15) is 0 Å². The van der Waals surface area contributed by atoms with Crippen molar-refractivity contribution >= 4 is 26.8 Å². The van der Waals surface area contributed by atoms with E-state index in [1.807, 2.05) is 12.1 Å². The smallest absolute Gasteiger partial charge is 0.256 e. The Morgan fingerprint density at radius 1 is 1.43 bits per heavy atom. The van der Waals surface area contributed by atoms with Crippen LogP contribution in [0.5, 0.6) is 0 Å². The molecule has 1 amide bonds. The number of rotatable bonds is 4. The van der Waals surface area contributed by atoms with E-state index >= 15 is 0 Å². The van der Waals surface area contributed by atoms with Gasteiger partial charge in [0, 0.05) is 24.5 Å². The highest BCUT2D eigenvalue weighted by Crippen LogP contribution is 2.23. The quantitative estimate of drug-likeness (QED) is 0.874. The highest BCUT2D eigenvalue weighted by molar-refractivity contribution is 7.88. The summed E-state index contributed by atoms with van der Waals surface area (Å²) in [5, 5.41) is 7.75. The molecule has 1 aliphatic heterocycles. The summed E-state index contributed by atoms with van der Waals surface area (Å²) in [5.74, 6) is -0.0835. The molecule has 0 unspecified atom stereocenters. The third-order valence-electron chi connectivity index (χ3n) is 4.18. The fourth-order valence-electron chi connectivity index (χ4n) is 3.03. The Kier molecular flexibility index (Phi) is 4.36. The van der Waals surface area contributed by atoms with E-state index in [-0.39, 0.29) is 18.5 Å². The number of H-pyrrole nitrogens is 1. The number of nitrogens with one attached hydrogen (secondary N) is 2. The predicted octanol–water partition coefficient (Wildman–Crippen LogP) is 1.11. The first kappa shape index (κ1) is 15.9. The van der Waals surface area contributed by atoms with E-state index in [1.54, 1.807) is 17.2 Å². The zero-order chi connectivity index (χ0) is 16.4. The molecule has 2 N–H and O–H groups in total. The number of para-hydroxylation sites is 1. The van der Waals surface area contributed by atoms with Crippen molar-refractivity contribution in [1.82, 2.24) is 19.8 Å². The summed E-state index contributed by atoms with van der Waals surface area (Å²) in [7, 11) is -3.27. The van der Waals surface area contributed by atoms with Crippen molar-refractivity contribution in [3.8, 4) is 0 Å². The maximum Gasteiger partial charge on any atom is 0.256 e. The molecule has 1 aliphatic rings. The number of carbonyl (C=O) groups is 1. The number of carbonyl (C=O) groups excluding carboxylic acids is 1. The molecule has 3 rings (SSSR count). The standard InChI is InChI=1S/C15H20N4O3S/c1-23(21,22)17-10-12-6-2-3-8-19(12)15(20)13-7-4-5-11-9-16-18-14(11)13/h4-5,7,9,12,17H,2-3,6,8,10H2,1H3,(H,16,18)/t12-/m1/s1. The zero-order valence-electron chi connectivity index (χ0n) is 12.9. The molecule has 2 aromatic rings. The van der Waals surface area contributed by atoms with Gasteiger partial charge in [0.05, 0.1) is 23.5 Å². The van der Waals surface area contributed by atoms with E-state index in [2.05, 4.69) is 14.9 Å². The van der Waals surface area contributed by atoms with Crippen LogP contribution in [0.25, 0.3) is 10.9 Å². The number of sulfonamides is 1. The van der Waals surface area contributed by atoms with E-state index in [9.17, 15) is 13.2 Å². The number of aromatic nitrogens is 2. The Hall–Kier alpha value is -1.93. The Labute approximate surface area is 135 Å². The lowest BCUT2D eigenvalue weighted by Crippen LogP contribution is -2.49. The Morgan fingerprint density at radius 2 is 2.26 bits per heavy atom. The van der Waals surface area contributed by atoms with Crippen molar-refractivity contribution < 1.29 is 13.2 Å². The van der Waals surface area contributed by atoms with Gasteiger partial charge >= 0.3 is 0 Å². The molecule has 0 aliphatic carbocycles. The zero-order valence-corrected chi connectivity index (χ0v) is 13.8. The number of likely N-dealkylation sites (tertiary alicyclic amines) is 1. The first-order valence-corrected chi connectivity index (χ1v) is 9.52. The van der Waals surface area contributed by atoms with Gasteiger partial charge in [-0.2, -0.15) is 5.10 Å². The molecule has 0 bridgehead atoms. The first-order valence-electron chi connectivity index (χ1n) is 7.63. The Morgan fingerprint density at radius 3 is 3.04 bits per heavy atom. The summed E-state index contributed by atoms with van der Waals surface area (Å²) in [6.07, 6.45) is 5.54. The van der Waals surface area contributed by atoms with Crippen LogP contribution in [0.1, 0.15) is 29.6 Å². The molecule has 0 radical (unpaired) electrons. The van der Waals surface area contributed by atoms with Crippen LogP contribution in [0, 0.1) is 0 Å². The Balaban J connectivity index is 1.85. The second kappa shape index (κ2) is 6.29. The number of piperidine rings is 1. The lowest BCUT2D eigenvalue weighted by molar-refractivity contribution is 0.0620. The second-order valence-electron chi connectivity index (χ2n) is 5.91. The van der Waals surface area contributed by atoms with E-state index in [0.29, 0.717) is 12.1 Å². The van der Waals surface area contributed by atoms with E-state index < -0.39 is 10.0 Å². The molecule has 1 aromatic carbocycles. The van der Waals surface area contributed by atoms with Gasteiger partial charge in [0.2, 0.25) is 10.0 Å². The lowest BCUT2D eigenvalue weighted by atomic mass is 10.0. The van der Waals surface area contributed by atoms with Crippen molar-refractivity contribution in [2.24, 2.45) is 0 Å². The maximum absolute atomic E-state index is 12.9. The average Bonchev–Trinajstić information content (AvgIpc) is 3.00. The van der Waals surface area contributed by atoms with Gasteiger partial charge in [-0.05, 0) is 25.3 Å². The van der Waals surface area contributed by atoms with Crippen molar-refractivity contribution in [2.45, 2.75) is 25.3 Å². The molecule has 1 aromatic heterocycles. The van der Waals surface area contributed by atoms with Gasteiger partial charge < -0.3 is 4.90 Å². The van der Waals surface area contributed by atoms with Crippen LogP contribution in [0.15, 0.2) is 24.4 Å². The monoisotopic (exact) mass is 336 g/mol. The molecule has 1 atom stereocenters. The number of amides is 1. The number of aromatic amines is 1. The van der Waals surface area contributed by atoms with Crippen LogP contribution in [0.4, 0.5) is 0 Å². The van der Waals surface area contributed by atoms with E-state index in [1.165, 1.54) is 0 Å². The molecule has 7 nitrogen and oxygen atoms in total. The largest absolute Gasteiger partial charge is 0.334 e. The van der Waals surface area contributed by atoms with Crippen LogP contribution >= 0.6 is 0 Å². The SMILES string of the molecule is CS(=O)(=O)NC[C@H]1CCCCN1C(=O)c1cccc2cn[nH]c12. The summed E-state index contributed by atoms with van der Waals surface area (Å²) in [4.78, 5) is 14.7. The highest BCUT2D eigenvalue weighted by atomic mass is 32.2. The summed E-state index contributed by atoms with van der Waals surface area (Å²) < 4.78 is 25.2. The van der Waals surface area contributed by atoms with Crippen LogP contribution in [0.3, 0.4) is 0 Å². The summed E-state index contributed by atoms with van der Waals surface area (Å²) >= 11 is 0. The van der Waals surface area contributed by atoms with Crippen molar-refractivity contribution in [3.63, 3.8) is 0 Å². The lowest BCUT2D eigenvalue weighted by Gasteiger charge is -2.36. The number of hydrogen-bond acceptors (Lipinski definition) is 4. The third kappa shape index (κ3) is 3.53. The highest BCUT2D eigenvalue weighted by Gasteiger charge is 2.29. The summed E-state index contributed by atoms with van der Waals surface area (Å²) in [5.41, 5.74) is 1.30. The topological polar surface area (TPSA) is 95.2 Å². The van der Waals surface area contributed by atoms with Gasteiger partial charge in [0.25, 0.3) is 5.91 Å². The predicted molar refractivity (Wildman–Crippen MR) is 87.6 cm³/mol. The van der Waals surface area contributed by atoms with Crippen molar-refractivity contribution in [1.29, 1.82) is 0 Å². The first-order chi connectivity index (χ1) is 11.0. The van der Waals surface area contributed by atoms with Gasteiger partial charge in [0.15, 0.2) is 0 Å². The molecular weight excluding hydrogens is 316 g/mol. The summed E-state index contributed by atoms with van der Waals surface area (Å²) in [6.45, 7) is 0.892. The minimum atomic E-state index is -3.27. The van der Waals surface area contributed by atoms with Crippen LogP contribution in [-0.2, 0) is 10.0 Å². The Bertz CT molecular complexity index is 815. The molecule has 1 saturated heterocycles. The second-order valence-corrected chi connectivity index (χ2v) is 7.74. The van der Waals surface area contributed by atoms with Crippen LogP contribution < -0.4 is 4.72 Å². The molecule has 124 valence electrons. The van der Waals surface area contributed by atoms with E-state index in [4.69, 9.17) is 0 Å². The van der Waals surface area contributed by atoms with Gasteiger partial charge in [-0.15, -0.1) is 0 Å². The molecule has 1 fully saturated rings. The van der Waals surface area contributed by atoms with Gasteiger partial charge in [-0.25, -0.2) is 13.1 Å². The minimum absolute atomic E-state index is 0.0835. The normalized spacial score (nSPS) is 19.2. The molecule has 0 spiro atoms.